The number of aromatic nitrogens is 6. The monoisotopic (exact) mass is 376 g/mol. The molecule has 0 atom stereocenters. The molecule has 8 heteroatoms. The van der Waals surface area contributed by atoms with Crippen molar-refractivity contribution in [2.24, 2.45) is 7.05 Å². The van der Waals surface area contributed by atoms with Crippen LogP contribution >= 0.6 is 0 Å². The molecule has 0 saturated carbocycles. The zero-order valence-electron chi connectivity index (χ0n) is 15.5. The number of benzene rings is 1. The summed E-state index contributed by atoms with van der Waals surface area (Å²) in [6.45, 7) is 1.51. The van der Waals surface area contributed by atoms with E-state index in [4.69, 9.17) is 4.74 Å². The number of ether oxygens (including phenoxy) is 1. The molecular formula is C20H20N6O2. The highest BCUT2D eigenvalue weighted by atomic mass is 16.5. The Balaban J connectivity index is 1.49. The maximum Gasteiger partial charge on any atom is 0.182 e. The number of nitrogens with zero attached hydrogens (tertiary/aromatic N) is 6. The molecule has 5 rings (SSSR count). The van der Waals surface area contributed by atoms with Crippen LogP contribution in [0.5, 0.6) is 5.75 Å². The molecule has 3 aromatic heterocycles. The average Bonchev–Trinajstić information content (AvgIpc) is 3.34. The molecule has 4 aromatic rings. The maximum absolute atomic E-state index is 10.6. The number of aryl methyl sites for hydroxylation is 1. The molecule has 8 nitrogen and oxygen atoms in total. The summed E-state index contributed by atoms with van der Waals surface area (Å²) in [6.07, 6.45) is 7.40. The Morgan fingerprint density at radius 2 is 1.96 bits per heavy atom. The molecule has 1 saturated heterocycles. The zero-order chi connectivity index (χ0) is 19.1. The van der Waals surface area contributed by atoms with E-state index in [1.54, 1.807) is 16.9 Å². The van der Waals surface area contributed by atoms with E-state index in [2.05, 4.69) is 24.8 Å². The van der Waals surface area contributed by atoms with E-state index < -0.39 is 0 Å². The Kier molecular flexibility index (Phi) is 4.05. The van der Waals surface area contributed by atoms with Crippen molar-refractivity contribution >= 4 is 11.2 Å². The van der Waals surface area contributed by atoms with E-state index >= 15 is 0 Å². The van der Waals surface area contributed by atoms with Crippen LogP contribution in [-0.2, 0) is 11.8 Å². The Bertz CT molecular complexity index is 1140. The molecule has 1 fully saturated rings. The topological polar surface area (TPSA) is 90.9 Å². The van der Waals surface area contributed by atoms with Gasteiger partial charge < -0.3 is 14.4 Å². The third kappa shape index (κ3) is 2.91. The highest BCUT2D eigenvalue weighted by Gasteiger charge is 2.19. The van der Waals surface area contributed by atoms with Crippen LogP contribution in [-0.4, -0.2) is 47.8 Å². The number of aromatic hydroxyl groups is 1. The second-order valence-electron chi connectivity index (χ2n) is 7.07. The summed E-state index contributed by atoms with van der Waals surface area (Å²) in [5.41, 5.74) is 4.60. The quantitative estimate of drug-likeness (QED) is 0.591. The summed E-state index contributed by atoms with van der Waals surface area (Å²) in [6, 6.07) is 7.73. The fourth-order valence-corrected chi connectivity index (χ4v) is 3.69. The van der Waals surface area contributed by atoms with Gasteiger partial charge in [0, 0.05) is 43.6 Å². The zero-order valence-corrected chi connectivity index (χ0v) is 15.5. The molecule has 0 amide bonds. The fraction of sp³-hybridized carbons (Fsp3) is 0.300. The Morgan fingerprint density at radius 3 is 2.71 bits per heavy atom. The molecule has 142 valence electrons. The fourth-order valence-electron chi connectivity index (χ4n) is 3.69. The summed E-state index contributed by atoms with van der Waals surface area (Å²) in [5.74, 6) is 0.152. The summed E-state index contributed by atoms with van der Waals surface area (Å²) in [4.78, 5) is 4.50. The van der Waals surface area contributed by atoms with E-state index in [0.29, 0.717) is 17.3 Å². The highest BCUT2D eigenvalue weighted by Crippen LogP contribution is 2.33. The SMILES string of the molecule is Cn1cc(-c2ccc(-c3cc4ncn(C5CCOCC5)c4nn3)c(O)c2)cn1. The molecule has 0 radical (unpaired) electrons. The number of hydrogen-bond acceptors (Lipinski definition) is 6. The van der Waals surface area contributed by atoms with Gasteiger partial charge >= 0.3 is 0 Å². The van der Waals surface area contributed by atoms with Crippen LogP contribution in [0.1, 0.15) is 18.9 Å². The Morgan fingerprint density at radius 1 is 1.11 bits per heavy atom. The third-order valence-electron chi connectivity index (χ3n) is 5.22. The molecule has 0 bridgehead atoms. The Hall–Kier alpha value is -3.26. The normalized spacial score (nSPS) is 15.3. The lowest BCUT2D eigenvalue weighted by Gasteiger charge is -2.23. The average molecular weight is 376 g/mol. The van der Waals surface area contributed by atoms with Gasteiger partial charge in [0.2, 0.25) is 0 Å². The van der Waals surface area contributed by atoms with E-state index in [-0.39, 0.29) is 5.75 Å². The van der Waals surface area contributed by atoms with Crippen LogP contribution in [0, 0.1) is 0 Å². The second kappa shape index (κ2) is 6.72. The first-order valence-corrected chi connectivity index (χ1v) is 9.29. The predicted octanol–water partition coefficient (Wildman–Crippen LogP) is 2.95. The van der Waals surface area contributed by atoms with Crippen LogP contribution in [0.4, 0.5) is 0 Å². The number of phenolic OH excluding ortho intramolecular Hbond substituents is 1. The summed E-state index contributed by atoms with van der Waals surface area (Å²) >= 11 is 0. The van der Waals surface area contributed by atoms with Gasteiger partial charge in [-0.05, 0) is 36.6 Å². The van der Waals surface area contributed by atoms with Gasteiger partial charge in [-0.25, -0.2) is 4.98 Å². The molecule has 28 heavy (non-hydrogen) atoms. The largest absolute Gasteiger partial charge is 0.507 e. The highest BCUT2D eigenvalue weighted by molar-refractivity contribution is 5.79. The van der Waals surface area contributed by atoms with E-state index in [1.165, 1.54) is 0 Å². The van der Waals surface area contributed by atoms with Crippen molar-refractivity contribution in [2.45, 2.75) is 18.9 Å². The van der Waals surface area contributed by atoms with Crippen molar-refractivity contribution in [3.05, 3.63) is 43.0 Å². The first kappa shape index (κ1) is 16.9. The first-order valence-electron chi connectivity index (χ1n) is 9.29. The maximum atomic E-state index is 10.6. The van der Waals surface area contributed by atoms with Crippen molar-refractivity contribution in [1.82, 2.24) is 29.5 Å². The van der Waals surface area contributed by atoms with E-state index in [9.17, 15) is 5.11 Å². The van der Waals surface area contributed by atoms with Crippen molar-refractivity contribution in [3.63, 3.8) is 0 Å². The molecule has 0 unspecified atom stereocenters. The van der Waals surface area contributed by atoms with Gasteiger partial charge in [-0.1, -0.05) is 6.07 Å². The lowest BCUT2D eigenvalue weighted by molar-refractivity contribution is 0.0704. The molecule has 1 aromatic carbocycles. The number of imidazole rings is 1. The second-order valence-corrected chi connectivity index (χ2v) is 7.07. The minimum Gasteiger partial charge on any atom is -0.507 e. The van der Waals surface area contributed by atoms with Crippen molar-refractivity contribution in [2.75, 3.05) is 13.2 Å². The van der Waals surface area contributed by atoms with Gasteiger partial charge in [0.1, 0.15) is 11.3 Å². The van der Waals surface area contributed by atoms with Gasteiger partial charge in [-0.15, -0.1) is 10.2 Å². The van der Waals surface area contributed by atoms with Crippen LogP contribution in [0.25, 0.3) is 33.5 Å². The van der Waals surface area contributed by atoms with Gasteiger partial charge in [0.25, 0.3) is 0 Å². The summed E-state index contributed by atoms with van der Waals surface area (Å²) < 4.78 is 9.25. The number of hydrogen-bond donors (Lipinski definition) is 1. The van der Waals surface area contributed by atoms with Crippen LogP contribution in [0.15, 0.2) is 43.0 Å². The van der Waals surface area contributed by atoms with E-state index in [0.717, 1.165) is 48.3 Å². The smallest absolute Gasteiger partial charge is 0.182 e. The van der Waals surface area contributed by atoms with Crippen LogP contribution in [0.2, 0.25) is 0 Å². The van der Waals surface area contributed by atoms with Crippen molar-refractivity contribution < 1.29 is 9.84 Å². The van der Waals surface area contributed by atoms with Gasteiger partial charge in [0.15, 0.2) is 5.65 Å². The molecule has 4 heterocycles. The predicted molar refractivity (Wildman–Crippen MR) is 104 cm³/mol. The lowest BCUT2D eigenvalue weighted by Crippen LogP contribution is -2.19. The molecule has 1 aliphatic heterocycles. The Labute approximate surface area is 161 Å². The molecular weight excluding hydrogens is 356 g/mol. The lowest BCUT2D eigenvalue weighted by atomic mass is 10.0. The van der Waals surface area contributed by atoms with Crippen molar-refractivity contribution in [3.8, 4) is 28.1 Å². The number of phenols is 1. The van der Waals surface area contributed by atoms with Crippen LogP contribution in [0.3, 0.4) is 0 Å². The van der Waals surface area contributed by atoms with Crippen LogP contribution < -0.4 is 0 Å². The third-order valence-corrected chi connectivity index (χ3v) is 5.22. The van der Waals surface area contributed by atoms with Gasteiger partial charge in [0.05, 0.1) is 18.2 Å². The molecule has 0 spiro atoms. The van der Waals surface area contributed by atoms with E-state index in [1.807, 2.05) is 37.8 Å². The summed E-state index contributed by atoms with van der Waals surface area (Å²) in [5, 5.41) is 23.5. The van der Waals surface area contributed by atoms with Gasteiger partial charge in [-0.3, -0.25) is 4.68 Å². The number of rotatable bonds is 3. The molecule has 1 N–H and O–H groups in total. The summed E-state index contributed by atoms with van der Waals surface area (Å²) in [7, 11) is 1.86. The standard InChI is InChI=1S/C20H20N6O2/c1-25-11-14(10-22-25)13-2-3-16(19(27)8-13)17-9-18-20(24-23-17)26(12-21-18)15-4-6-28-7-5-15/h2-3,8-12,15,27H,4-7H2,1H3. The number of fused-ring (bicyclic) bond motifs is 1. The molecule has 1 aliphatic rings. The van der Waals surface area contributed by atoms with Gasteiger partial charge in [-0.2, -0.15) is 5.10 Å². The van der Waals surface area contributed by atoms with Crippen molar-refractivity contribution in [1.29, 1.82) is 0 Å². The minimum atomic E-state index is 0.152. The molecule has 0 aliphatic carbocycles. The minimum absolute atomic E-state index is 0.152. The first-order chi connectivity index (χ1) is 13.7.